The van der Waals surface area contributed by atoms with E-state index in [0.29, 0.717) is 5.71 Å². The van der Waals surface area contributed by atoms with E-state index >= 15 is 0 Å². The van der Waals surface area contributed by atoms with Gasteiger partial charge in [-0.15, -0.1) is 0 Å². The largest absolute Gasteiger partial charge is 0.305 e. The van der Waals surface area contributed by atoms with Gasteiger partial charge in [0.05, 0.1) is 5.69 Å². The van der Waals surface area contributed by atoms with Crippen molar-refractivity contribution in [3.05, 3.63) is 35.7 Å². The van der Waals surface area contributed by atoms with Gasteiger partial charge in [-0.2, -0.15) is 0 Å². The van der Waals surface area contributed by atoms with E-state index in [1.807, 2.05) is 18.2 Å². The third-order valence-electron chi connectivity index (χ3n) is 1.75. The van der Waals surface area contributed by atoms with Crippen molar-refractivity contribution in [3.63, 3.8) is 0 Å². The molecule has 0 atom stereocenters. The maximum absolute atomic E-state index is 7.54. The molecular weight excluding hydrogens is 160 g/mol. The van der Waals surface area contributed by atoms with Crippen LogP contribution in [-0.2, 0) is 0 Å². The van der Waals surface area contributed by atoms with Gasteiger partial charge in [0.25, 0.3) is 0 Å². The first kappa shape index (κ1) is 9.65. The minimum Gasteiger partial charge on any atom is -0.305 e. The van der Waals surface area contributed by atoms with E-state index in [4.69, 9.17) is 5.41 Å². The highest BCUT2D eigenvalue weighted by Gasteiger charge is 2.00. The van der Waals surface area contributed by atoms with E-state index in [1.165, 1.54) is 0 Å². The van der Waals surface area contributed by atoms with E-state index in [1.54, 1.807) is 13.1 Å². The maximum atomic E-state index is 7.54. The number of hydrogen-bond donors (Lipinski definition) is 1. The zero-order valence-corrected chi connectivity index (χ0v) is 8.04. The fourth-order valence-electron chi connectivity index (χ4n) is 1.10. The highest BCUT2D eigenvalue weighted by molar-refractivity contribution is 5.98. The van der Waals surface area contributed by atoms with Crippen LogP contribution in [0.3, 0.4) is 0 Å². The summed E-state index contributed by atoms with van der Waals surface area (Å²) in [6.45, 7) is 3.86. The van der Waals surface area contributed by atoms with E-state index in [2.05, 4.69) is 18.0 Å². The predicted octanol–water partition coefficient (Wildman–Crippen LogP) is 2.89. The standard InChI is InChI=1S/C11H14N2/c1-3-4-7-11-10(9(2)12)6-5-8-13-11/h4-8,12H,3H2,1-2H3/b7-4-,12-9?. The molecule has 0 aliphatic rings. The monoisotopic (exact) mass is 174 g/mol. The van der Waals surface area contributed by atoms with Crippen LogP contribution in [0.15, 0.2) is 24.4 Å². The summed E-state index contributed by atoms with van der Waals surface area (Å²) in [4.78, 5) is 4.21. The van der Waals surface area contributed by atoms with Gasteiger partial charge in [-0.1, -0.05) is 13.0 Å². The van der Waals surface area contributed by atoms with E-state index in [0.717, 1.165) is 17.7 Å². The van der Waals surface area contributed by atoms with Gasteiger partial charge in [0.2, 0.25) is 0 Å². The van der Waals surface area contributed by atoms with Gasteiger partial charge in [-0.05, 0) is 31.6 Å². The first-order valence-corrected chi connectivity index (χ1v) is 4.42. The van der Waals surface area contributed by atoms with Crippen molar-refractivity contribution in [1.29, 1.82) is 5.41 Å². The normalized spacial score (nSPS) is 10.6. The van der Waals surface area contributed by atoms with E-state index in [-0.39, 0.29) is 0 Å². The van der Waals surface area contributed by atoms with Crippen molar-refractivity contribution in [2.45, 2.75) is 20.3 Å². The van der Waals surface area contributed by atoms with Crippen molar-refractivity contribution in [2.75, 3.05) is 0 Å². The molecule has 13 heavy (non-hydrogen) atoms. The number of allylic oxidation sites excluding steroid dienone is 1. The van der Waals surface area contributed by atoms with E-state index < -0.39 is 0 Å². The van der Waals surface area contributed by atoms with Gasteiger partial charge >= 0.3 is 0 Å². The highest BCUT2D eigenvalue weighted by Crippen LogP contribution is 2.08. The van der Waals surface area contributed by atoms with Crippen LogP contribution >= 0.6 is 0 Å². The molecule has 1 aromatic rings. The van der Waals surface area contributed by atoms with Gasteiger partial charge in [0, 0.05) is 17.5 Å². The SMILES string of the molecule is CC/C=C\c1ncccc1C(C)=N. The molecule has 0 aromatic carbocycles. The number of nitrogens with one attached hydrogen (secondary N) is 1. The molecular formula is C11H14N2. The molecule has 1 heterocycles. The Labute approximate surface area is 78.8 Å². The summed E-state index contributed by atoms with van der Waals surface area (Å²) in [6, 6.07) is 3.78. The lowest BCUT2D eigenvalue weighted by Gasteiger charge is -2.01. The average Bonchev–Trinajstić information content (AvgIpc) is 2.15. The molecule has 0 aliphatic carbocycles. The Morgan fingerprint density at radius 3 is 3.00 bits per heavy atom. The van der Waals surface area contributed by atoms with Crippen molar-refractivity contribution in [1.82, 2.24) is 4.98 Å². The van der Waals surface area contributed by atoms with Crippen LogP contribution in [0.2, 0.25) is 0 Å². The molecule has 0 spiro atoms. The zero-order valence-electron chi connectivity index (χ0n) is 8.04. The van der Waals surface area contributed by atoms with Gasteiger partial charge in [-0.25, -0.2) is 0 Å². The lowest BCUT2D eigenvalue weighted by Crippen LogP contribution is -1.97. The molecule has 0 bridgehead atoms. The second kappa shape index (κ2) is 4.55. The fraction of sp³-hybridized carbons (Fsp3) is 0.273. The molecule has 0 saturated heterocycles. The second-order valence-electron chi connectivity index (χ2n) is 2.87. The summed E-state index contributed by atoms with van der Waals surface area (Å²) in [7, 11) is 0. The third-order valence-corrected chi connectivity index (χ3v) is 1.75. The molecule has 1 rings (SSSR count). The first-order valence-electron chi connectivity index (χ1n) is 4.42. The van der Waals surface area contributed by atoms with Crippen LogP contribution in [0.25, 0.3) is 6.08 Å². The summed E-state index contributed by atoms with van der Waals surface area (Å²) >= 11 is 0. The molecule has 0 amide bonds. The molecule has 0 fully saturated rings. The molecule has 1 N–H and O–H groups in total. The van der Waals surface area contributed by atoms with Crippen molar-refractivity contribution >= 4 is 11.8 Å². The number of rotatable bonds is 3. The topological polar surface area (TPSA) is 36.7 Å². The molecule has 0 radical (unpaired) electrons. The van der Waals surface area contributed by atoms with Gasteiger partial charge in [-0.3, -0.25) is 4.98 Å². The number of nitrogens with zero attached hydrogens (tertiary/aromatic N) is 1. The Balaban J connectivity index is 3.05. The third kappa shape index (κ3) is 2.51. The Hall–Kier alpha value is -1.44. The Morgan fingerprint density at radius 1 is 1.62 bits per heavy atom. The number of pyridine rings is 1. The van der Waals surface area contributed by atoms with Gasteiger partial charge in [0.1, 0.15) is 0 Å². The Bertz CT molecular complexity index is 327. The average molecular weight is 174 g/mol. The highest BCUT2D eigenvalue weighted by atomic mass is 14.7. The molecule has 2 heteroatoms. The summed E-state index contributed by atoms with van der Waals surface area (Å²) in [5, 5.41) is 7.54. The van der Waals surface area contributed by atoms with Crippen molar-refractivity contribution in [3.8, 4) is 0 Å². The van der Waals surface area contributed by atoms with Crippen molar-refractivity contribution in [2.24, 2.45) is 0 Å². The lowest BCUT2D eigenvalue weighted by molar-refractivity contribution is 1.22. The molecule has 0 aliphatic heterocycles. The molecule has 68 valence electrons. The lowest BCUT2D eigenvalue weighted by atomic mass is 10.1. The summed E-state index contributed by atoms with van der Waals surface area (Å²) in [5.74, 6) is 0. The van der Waals surface area contributed by atoms with Crippen molar-refractivity contribution < 1.29 is 0 Å². The first-order chi connectivity index (χ1) is 6.25. The minimum atomic E-state index is 0.559. The number of hydrogen-bond acceptors (Lipinski definition) is 2. The van der Waals surface area contributed by atoms with Crippen LogP contribution in [0.4, 0.5) is 0 Å². The van der Waals surface area contributed by atoms with Crippen LogP contribution in [-0.4, -0.2) is 10.7 Å². The minimum absolute atomic E-state index is 0.559. The van der Waals surface area contributed by atoms with Crippen LogP contribution in [0, 0.1) is 5.41 Å². The van der Waals surface area contributed by atoms with Crippen LogP contribution in [0.5, 0.6) is 0 Å². The Morgan fingerprint density at radius 2 is 2.38 bits per heavy atom. The second-order valence-corrected chi connectivity index (χ2v) is 2.87. The molecule has 2 nitrogen and oxygen atoms in total. The smallest absolute Gasteiger partial charge is 0.0716 e. The zero-order chi connectivity index (χ0) is 9.68. The summed E-state index contributed by atoms with van der Waals surface area (Å²) in [6.07, 6.45) is 6.76. The number of aromatic nitrogens is 1. The summed E-state index contributed by atoms with van der Waals surface area (Å²) in [5.41, 5.74) is 2.35. The van der Waals surface area contributed by atoms with Gasteiger partial charge < -0.3 is 5.41 Å². The fourth-order valence-corrected chi connectivity index (χ4v) is 1.10. The quantitative estimate of drug-likeness (QED) is 0.703. The summed E-state index contributed by atoms with van der Waals surface area (Å²) < 4.78 is 0. The van der Waals surface area contributed by atoms with Crippen LogP contribution < -0.4 is 0 Å². The molecule has 0 unspecified atom stereocenters. The van der Waals surface area contributed by atoms with E-state index in [9.17, 15) is 0 Å². The van der Waals surface area contributed by atoms with Gasteiger partial charge in [0.15, 0.2) is 0 Å². The maximum Gasteiger partial charge on any atom is 0.0716 e. The van der Waals surface area contributed by atoms with Crippen LogP contribution in [0.1, 0.15) is 31.5 Å². The molecule has 0 saturated carbocycles. The Kier molecular flexibility index (Phi) is 3.38. The predicted molar refractivity (Wildman–Crippen MR) is 56.1 cm³/mol. The molecule has 1 aromatic heterocycles.